The molecule has 2 atom stereocenters. The Balaban J connectivity index is 1.86. The maximum Gasteiger partial charge on any atom is 0.421 e. The number of anilines is 1. The molecular formula is C23H24BrF3N2O4. The summed E-state index contributed by atoms with van der Waals surface area (Å²) in [6.07, 6.45) is -5.51. The molecule has 0 aromatic heterocycles. The first-order chi connectivity index (χ1) is 15.1. The Morgan fingerprint density at radius 2 is 1.70 bits per heavy atom. The Morgan fingerprint density at radius 1 is 1.09 bits per heavy atom. The molecule has 0 saturated heterocycles. The monoisotopic (exact) mass is 528 g/mol. The van der Waals surface area contributed by atoms with Crippen LogP contribution in [0.4, 0.5) is 23.7 Å². The van der Waals surface area contributed by atoms with Crippen LogP contribution < -0.4 is 5.32 Å². The number of aliphatic hydroxyl groups is 1. The van der Waals surface area contributed by atoms with Crippen LogP contribution in [-0.4, -0.2) is 33.8 Å². The molecule has 2 aromatic carbocycles. The summed E-state index contributed by atoms with van der Waals surface area (Å²) in [6.45, 7) is 5.98. The fourth-order valence-electron chi connectivity index (χ4n) is 3.45. The van der Waals surface area contributed by atoms with Gasteiger partial charge in [-0.05, 0) is 68.7 Å². The molecule has 0 bridgehead atoms. The summed E-state index contributed by atoms with van der Waals surface area (Å²) in [4.78, 5) is 27.3. The summed E-state index contributed by atoms with van der Waals surface area (Å²) in [5.74, 6) is -0.544. The molecule has 0 saturated carbocycles. The van der Waals surface area contributed by atoms with Crippen molar-refractivity contribution in [2.75, 3.05) is 5.32 Å². The lowest BCUT2D eigenvalue weighted by atomic mass is 9.95. The summed E-state index contributed by atoms with van der Waals surface area (Å²) < 4.78 is 45.5. The average molecular weight is 529 g/mol. The van der Waals surface area contributed by atoms with E-state index in [1.165, 1.54) is 17.0 Å². The zero-order valence-electron chi connectivity index (χ0n) is 18.5. The van der Waals surface area contributed by atoms with Gasteiger partial charge in [-0.3, -0.25) is 9.69 Å². The van der Waals surface area contributed by atoms with Crippen molar-refractivity contribution in [3.05, 3.63) is 63.6 Å². The Hall–Kier alpha value is -2.59. The molecule has 2 amide bonds. The van der Waals surface area contributed by atoms with Gasteiger partial charge in [0.1, 0.15) is 11.6 Å². The molecule has 1 aliphatic heterocycles. The van der Waals surface area contributed by atoms with Crippen LogP contribution in [0.5, 0.6) is 0 Å². The third kappa shape index (κ3) is 5.33. The molecule has 178 valence electrons. The third-order valence-electron chi connectivity index (χ3n) is 5.19. The number of benzene rings is 2. The Labute approximate surface area is 197 Å². The van der Waals surface area contributed by atoms with Crippen LogP contribution >= 0.6 is 15.9 Å². The van der Waals surface area contributed by atoms with Crippen molar-refractivity contribution in [1.82, 2.24) is 4.90 Å². The summed E-state index contributed by atoms with van der Waals surface area (Å²) in [7, 11) is 0. The molecule has 2 N–H and O–H groups in total. The van der Waals surface area contributed by atoms with E-state index in [1.807, 2.05) is 6.07 Å². The largest absolute Gasteiger partial charge is 0.444 e. The maximum atomic E-state index is 13.2. The van der Waals surface area contributed by atoms with Gasteiger partial charge in [-0.15, -0.1) is 0 Å². The summed E-state index contributed by atoms with van der Waals surface area (Å²) in [6, 6.07) is 9.03. The molecule has 2 unspecified atom stereocenters. The first-order valence-corrected chi connectivity index (χ1v) is 10.9. The van der Waals surface area contributed by atoms with Crippen LogP contribution in [0.25, 0.3) is 0 Å². The van der Waals surface area contributed by atoms with Crippen LogP contribution in [0, 0.1) is 0 Å². The Kier molecular flexibility index (Phi) is 6.56. The second-order valence-electron chi connectivity index (χ2n) is 8.99. The van der Waals surface area contributed by atoms with E-state index in [0.29, 0.717) is 12.5 Å². The number of carbonyl (C=O) groups is 2. The number of nitrogens with one attached hydrogen (secondary N) is 1. The highest BCUT2D eigenvalue weighted by Crippen LogP contribution is 2.39. The minimum atomic E-state index is -4.85. The second kappa shape index (κ2) is 8.64. The van der Waals surface area contributed by atoms with Gasteiger partial charge in [-0.25, -0.2) is 4.79 Å². The predicted octanol–water partition coefficient (Wildman–Crippen LogP) is 5.65. The highest BCUT2D eigenvalue weighted by Gasteiger charge is 2.51. The van der Waals surface area contributed by atoms with Crippen molar-refractivity contribution < 1.29 is 32.6 Å². The third-order valence-corrected chi connectivity index (χ3v) is 5.69. The lowest BCUT2D eigenvalue weighted by molar-refractivity contribution is -0.258. The lowest BCUT2D eigenvalue weighted by Gasteiger charge is -2.28. The summed E-state index contributed by atoms with van der Waals surface area (Å²) in [5, 5.41) is 12.5. The standard InChI is InChI=1S/C23H24BrF3N2O4/c1-21(2,3)33-20(31)29-12-13-11-15(24)7-10-17(13)18(29)19(30)28-16-8-5-14(6-9-16)22(4,32)23(25,26)27/h5-11,18,32H,12H2,1-4H3,(H,28,30). The van der Waals surface area contributed by atoms with Crippen LogP contribution in [-0.2, 0) is 21.7 Å². The van der Waals surface area contributed by atoms with Gasteiger partial charge in [0.2, 0.25) is 0 Å². The zero-order valence-corrected chi connectivity index (χ0v) is 20.0. The van der Waals surface area contributed by atoms with Gasteiger partial charge >= 0.3 is 12.3 Å². The van der Waals surface area contributed by atoms with E-state index in [0.717, 1.165) is 22.2 Å². The van der Waals surface area contributed by atoms with Crippen molar-refractivity contribution in [3.8, 4) is 0 Å². The normalized spacial score (nSPS) is 17.8. The maximum absolute atomic E-state index is 13.2. The number of ether oxygens (including phenoxy) is 1. The summed E-state index contributed by atoms with van der Waals surface area (Å²) in [5.41, 5.74) is -2.54. The first-order valence-electron chi connectivity index (χ1n) is 10.1. The fourth-order valence-corrected chi connectivity index (χ4v) is 3.85. The minimum Gasteiger partial charge on any atom is -0.444 e. The molecule has 0 radical (unpaired) electrons. The Bertz CT molecular complexity index is 1060. The van der Waals surface area contributed by atoms with Gasteiger partial charge < -0.3 is 15.2 Å². The summed E-state index contributed by atoms with van der Waals surface area (Å²) >= 11 is 3.38. The van der Waals surface area contributed by atoms with Gasteiger partial charge in [-0.2, -0.15) is 13.2 Å². The molecule has 1 aliphatic rings. The van der Waals surface area contributed by atoms with Crippen molar-refractivity contribution in [2.45, 2.75) is 57.7 Å². The van der Waals surface area contributed by atoms with Gasteiger partial charge in [0.05, 0.1) is 6.54 Å². The van der Waals surface area contributed by atoms with E-state index in [-0.39, 0.29) is 17.8 Å². The quantitative estimate of drug-likeness (QED) is 0.539. The SMILES string of the molecule is CC(C)(C)OC(=O)N1Cc2cc(Br)ccc2C1C(=O)Nc1ccc(C(C)(O)C(F)(F)F)cc1. The molecule has 33 heavy (non-hydrogen) atoms. The first kappa shape index (κ1) is 25.0. The highest BCUT2D eigenvalue weighted by molar-refractivity contribution is 9.10. The number of fused-ring (bicyclic) bond motifs is 1. The van der Waals surface area contributed by atoms with Crippen molar-refractivity contribution in [2.24, 2.45) is 0 Å². The van der Waals surface area contributed by atoms with E-state index >= 15 is 0 Å². The van der Waals surface area contributed by atoms with E-state index in [4.69, 9.17) is 4.74 Å². The topological polar surface area (TPSA) is 78.9 Å². The number of amides is 2. The zero-order chi connectivity index (χ0) is 24.8. The number of hydrogen-bond acceptors (Lipinski definition) is 4. The van der Waals surface area contributed by atoms with Gasteiger partial charge in [0.25, 0.3) is 5.91 Å². The second-order valence-corrected chi connectivity index (χ2v) is 9.91. The molecule has 6 nitrogen and oxygen atoms in total. The van der Waals surface area contributed by atoms with Crippen molar-refractivity contribution >= 4 is 33.6 Å². The number of carbonyl (C=O) groups excluding carboxylic acids is 2. The molecule has 1 heterocycles. The Morgan fingerprint density at radius 3 is 2.24 bits per heavy atom. The average Bonchev–Trinajstić information content (AvgIpc) is 3.05. The molecule has 0 spiro atoms. The van der Waals surface area contributed by atoms with Crippen molar-refractivity contribution in [1.29, 1.82) is 0 Å². The predicted molar refractivity (Wildman–Crippen MR) is 119 cm³/mol. The van der Waals surface area contributed by atoms with Crippen LogP contribution in [0.1, 0.15) is 50.4 Å². The number of halogens is 4. The lowest BCUT2D eigenvalue weighted by Crippen LogP contribution is -2.40. The minimum absolute atomic E-state index is 0.162. The molecule has 0 fully saturated rings. The van der Waals surface area contributed by atoms with Gasteiger partial charge in [-0.1, -0.05) is 34.1 Å². The van der Waals surface area contributed by atoms with Crippen molar-refractivity contribution in [3.63, 3.8) is 0 Å². The van der Waals surface area contributed by atoms with E-state index in [2.05, 4.69) is 21.2 Å². The number of rotatable bonds is 3. The number of nitrogens with zero attached hydrogens (tertiary/aromatic N) is 1. The number of hydrogen-bond donors (Lipinski definition) is 2. The van der Waals surface area contributed by atoms with Crippen LogP contribution in [0.2, 0.25) is 0 Å². The molecule has 2 aromatic rings. The van der Waals surface area contributed by atoms with Crippen LogP contribution in [0.3, 0.4) is 0 Å². The highest BCUT2D eigenvalue weighted by atomic mass is 79.9. The molecule has 0 aliphatic carbocycles. The molecule has 10 heteroatoms. The molecular weight excluding hydrogens is 505 g/mol. The van der Waals surface area contributed by atoms with E-state index < -0.39 is 35.4 Å². The van der Waals surface area contributed by atoms with Crippen LogP contribution in [0.15, 0.2) is 46.9 Å². The smallest absolute Gasteiger partial charge is 0.421 e. The molecule has 3 rings (SSSR count). The van der Waals surface area contributed by atoms with E-state index in [9.17, 15) is 27.9 Å². The fraction of sp³-hybridized carbons (Fsp3) is 0.391. The van der Waals surface area contributed by atoms with Gasteiger partial charge in [0, 0.05) is 10.2 Å². The van der Waals surface area contributed by atoms with Gasteiger partial charge in [0.15, 0.2) is 5.60 Å². The van der Waals surface area contributed by atoms with E-state index in [1.54, 1.807) is 32.9 Å². The number of alkyl halides is 3.